The van der Waals surface area contributed by atoms with Crippen molar-refractivity contribution in [3.05, 3.63) is 95.6 Å². The van der Waals surface area contributed by atoms with Gasteiger partial charge in [-0.15, -0.1) is 11.8 Å². The molecule has 1 aliphatic heterocycles. The summed E-state index contributed by atoms with van der Waals surface area (Å²) < 4.78 is 7.19. The van der Waals surface area contributed by atoms with Gasteiger partial charge in [-0.25, -0.2) is 4.68 Å². The fraction of sp³-hybridized carbons (Fsp3) is 0.281. The number of nitrogens with zero attached hydrogens (tertiary/aromatic N) is 3. The number of methoxy groups -OCH3 is 1. The second kappa shape index (κ2) is 12.0. The number of carbonyl (C=O) groups is 2. The maximum atomic E-state index is 13.8. The van der Waals surface area contributed by atoms with E-state index in [2.05, 4.69) is 30.4 Å². The quantitative estimate of drug-likeness (QED) is 0.292. The molecule has 0 spiro atoms. The van der Waals surface area contributed by atoms with Gasteiger partial charge in [-0.1, -0.05) is 67.1 Å². The molecule has 0 bridgehead atoms. The predicted octanol–water partition coefficient (Wildman–Crippen LogP) is 5.94. The van der Waals surface area contributed by atoms with Gasteiger partial charge in [0.1, 0.15) is 18.1 Å². The van der Waals surface area contributed by atoms with Crippen LogP contribution in [0, 0.1) is 6.92 Å². The Morgan fingerprint density at radius 2 is 1.85 bits per heavy atom. The number of carbonyl (C=O) groups excluding carboxylic acids is 2. The number of hydrogen-bond donors (Lipinski definition) is 1. The summed E-state index contributed by atoms with van der Waals surface area (Å²) in [7, 11) is 1.63. The van der Waals surface area contributed by atoms with Gasteiger partial charge in [-0.3, -0.25) is 14.5 Å². The summed E-state index contributed by atoms with van der Waals surface area (Å²) in [5, 5.41) is 8.00. The molecule has 0 radical (unpaired) electrons. The van der Waals surface area contributed by atoms with Crippen LogP contribution in [0.4, 0.5) is 5.82 Å². The first-order chi connectivity index (χ1) is 19.4. The van der Waals surface area contributed by atoms with Crippen LogP contribution in [0.3, 0.4) is 0 Å². The Morgan fingerprint density at radius 1 is 1.10 bits per heavy atom. The van der Waals surface area contributed by atoms with Gasteiger partial charge in [0.2, 0.25) is 11.8 Å². The molecule has 40 heavy (non-hydrogen) atoms. The topological polar surface area (TPSA) is 76.5 Å². The first kappa shape index (κ1) is 27.5. The van der Waals surface area contributed by atoms with Crippen LogP contribution in [0.5, 0.6) is 5.75 Å². The van der Waals surface area contributed by atoms with Crippen LogP contribution >= 0.6 is 11.8 Å². The number of fused-ring (bicyclic) bond motifs is 1. The average Bonchev–Trinajstić information content (AvgIpc) is 3.30. The van der Waals surface area contributed by atoms with Crippen LogP contribution in [0.1, 0.15) is 42.2 Å². The van der Waals surface area contributed by atoms with E-state index in [0.29, 0.717) is 5.82 Å². The molecular formula is C32H34N4O3S. The summed E-state index contributed by atoms with van der Waals surface area (Å²) in [6.07, 6.45) is 0.804. The van der Waals surface area contributed by atoms with Gasteiger partial charge in [-0.05, 0) is 50.1 Å². The van der Waals surface area contributed by atoms with Crippen LogP contribution in [0.15, 0.2) is 78.9 Å². The van der Waals surface area contributed by atoms with Crippen molar-refractivity contribution in [1.29, 1.82) is 0 Å². The standard InChI is InChI=1S/C32H34N4O3S/c1-5-22(3)33-27(37)19-35-28(38)20-40-31(24-13-9-10-21(2)18-24)29-30(23-11-7-6-8-12-23)34-36(32(29)35)25-14-16-26(39-4)17-15-25/h6-18,22,31H,5,19-20H2,1-4H3,(H,33,37)/t22-,31+/m0/s1. The van der Waals surface area contributed by atoms with Crippen molar-refractivity contribution >= 4 is 29.4 Å². The first-order valence-corrected chi connectivity index (χ1v) is 14.5. The highest BCUT2D eigenvalue weighted by molar-refractivity contribution is 8.00. The third kappa shape index (κ3) is 5.63. The number of aromatic nitrogens is 2. The molecule has 1 aliphatic rings. The number of hydrogen-bond acceptors (Lipinski definition) is 5. The van der Waals surface area contributed by atoms with Crippen LogP contribution in [0.2, 0.25) is 0 Å². The fourth-order valence-corrected chi connectivity index (χ4v) is 6.08. The predicted molar refractivity (Wildman–Crippen MR) is 161 cm³/mol. The number of ether oxygens (including phenoxy) is 1. The van der Waals surface area contributed by atoms with Gasteiger partial charge in [0, 0.05) is 17.2 Å². The van der Waals surface area contributed by atoms with E-state index in [-0.39, 0.29) is 35.4 Å². The van der Waals surface area contributed by atoms with Gasteiger partial charge < -0.3 is 10.1 Å². The molecule has 2 amide bonds. The Kier molecular flexibility index (Phi) is 8.26. The molecule has 206 valence electrons. The first-order valence-electron chi connectivity index (χ1n) is 13.5. The zero-order chi connectivity index (χ0) is 28.2. The highest BCUT2D eigenvalue weighted by Crippen LogP contribution is 2.48. The number of benzene rings is 3. The van der Waals surface area contributed by atoms with Crippen LogP contribution in [-0.2, 0) is 9.59 Å². The van der Waals surface area contributed by atoms with Gasteiger partial charge in [0.05, 0.1) is 29.5 Å². The monoisotopic (exact) mass is 554 g/mol. The van der Waals surface area contributed by atoms with Crippen LogP contribution < -0.4 is 15.0 Å². The molecule has 2 heterocycles. The molecule has 0 fully saturated rings. The Labute approximate surface area is 239 Å². The number of anilines is 1. The van der Waals surface area contributed by atoms with Crippen molar-refractivity contribution in [2.45, 2.75) is 38.5 Å². The minimum atomic E-state index is -0.198. The van der Waals surface area contributed by atoms with Gasteiger partial charge in [0.15, 0.2) is 0 Å². The second-order valence-electron chi connectivity index (χ2n) is 10.0. The maximum absolute atomic E-state index is 13.8. The van der Waals surface area contributed by atoms with E-state index in [9.17, 15) is 9.59 Å². The lowest BCUT2D eigenvalue weighted by Crippen LogP contribution is -2.44. The van der Waals surface area contributed by atoms with E-state index in [1.807, 2.05) is 74.5 Å². The maximum Gasteiger partial charge on any atom is 0.240 e. The molecule has 5 rings (SSSR count). The second-order valence-corrected chi connectivity index (χ2v) is 11.1. The molecule has 0 unspecified atom stereocenters. The zero-order valence-corrected chi connectivity index (χ0v) is 24.1. The molecule has 0 saturated heterocycles. The normalized spacial score (nSPS) is 15.8. The largest absolute Gasteiger partial charge is 0.497 e. The van der Waals surface area contributed by atoms with Crippen molar-refractivity contribution in [1.82, 2.24) is 15.1 Å². The van der Waals surface area contributed by atoms with Crippen LogP contribution in [-0.4, -0.2) is 47.0 Å². The number of nitrogens with one attached hydrogen (secondary N) is 1. The van der Waals surface area contributed by atoms with E-state index in [0.717, 1.165) is 45.8 Å². The Morgan fingerprint density at radius 3 is 2.52 bits per heavy atom. The lowest BCUT2D eigenvalue weighted by Gasteiger charge is -2.24. The zero-order valence-electron chi connectivity index (χ0n) is 23.3. The highest BCUT2D eigenvalue weighted by atomic mass is 32.2. The van der Waals surface area contributed by atoms with Crippen molar-refractivity contribution in [2.24, 2.45) is 0 Å². The summed E-state index contributed by atoms with van der Waals surface area (Å²) in [5.74, 6) is 1.25. The van der Waals surface area contributed by atoms with E-state index >= 15 is 0 Å². The minimum absolute atomic E-state index is 0.00912. The minimum Gasteiger partial charge on any atom is -0.497 e. The van der Waals surface area contributed by atoms with Gasteiger partial charge in [0.25, 0.3) is 0 Å². The summed E-state index contributed by atoms with van der Waals surface area (Å²) in [6, 6.07) is 26.0. The van der Waals surface area contributed by atoms with Crippen molar-refractivity contribution in [3.8, 4) is 22.7 Å². The van der Waals surface area contributed by atoms with E-state index in [4.69, 9.17) is 9.84 Å². The molecule has 1 aromatic heterocycles. The number of thioether (sulfide) groups is 1. The number of rotatable bonds is 8. The third-order valence-corrected chi connectivity index (χ3v) is 8.37. The summed E-state index contributed by atoms with van der Waals surface area (Å²) in [6.45, 7) is 5.97. The summed E-state index contributed by atoms with van der Waals surface area (Å²) in [4.78, 5) is 28.6. The summed E-state index contributed by atoms with van der Waals surface area (Å²) >= 11 is 1.57. The Bertz CT molecular complexity index is 1500. The molecule has 7 nitrogen and oxygen atoms in total. The third-order valence-electron chi connectivity index (χ3n) is 7.12. The molecule has 0 aliphatic carbocycles. The van der Waals surface area contributed by atoms with Crippen molar-refractivity contribution in [3.63, 3.8) is 0 Å². The molecule has 2 atom stereocenters. The van der Waals surface area contributed by atoms with E-state index in [1.165, 1.54) is 0 Å². The van der Waals surface area contributed by atoms with E-state index in [1.54, 1.807) is 28.5 Å². The van der Waals surface area contributed by atoms with E-state index < -0.39 is 0 Å². The molecular weight excluding hydrogens is 520 g/mol. The van der Waals surface area contributed by atoms with Gasteiger partial charge >= 0.3 is 0 Å². The smallest absolute Gasteiger partial charge is 0.240 e. The van der Waals surface area contributed by atoms with Crippen molar-refractivity contribution in [2.75, 3.05) is 24.3 Å². The van der Waals surface area contributed by atoms with Crippen molar-refractivity contribution < 1.29 is 14.3 Å². The molecule has 1 N–H and O–H groups in total. The SMILES string of the molecule is CC[C@H](C)NC(=O)CN1C(=O)CS[C@H](c2cccc(C)c2)c2c(-c3ccccc3)nn(-c3ccc(OC)cc3)c21. The highest BCUT2D eigenvalue weighted by Gasteiger charge is 2.37. The molecule has 0 saturated carbocycles. The Balaban J connectivity index is 1.77. The summed E-state index contributed by atoms with van der Waals surface area (Å²) in [5.41, 5.74) is 5.66. The average molecular weight is 555 g/mol. The molecule has 8 heteroatoms. The molecule has 3 aromatic carbocycles. The lowest BCUT2D eigenvalue weighted by molar-refractivity contribution is -0.123. The van der Waals surface area contributed by atoms with Gasteiger partial charge in [-0.2, -0.15) is 5.10 Å². The lowest BCUT2D eigenvalue weighted by atomic mass is 9.98. The Hall–Kier alpha value is -4.04. The number of aryl methyl sites for hydroxylation is 1. The van der Waals surface area contributed by atoms with Crippen LogP contribution in [0.25, 0.3) is 16.9 Å². The number of amides is 2. The fourth-order valence-electron chi connectivity index (χ4n) is 4.89. The molecule has 4 aromatic rings.